The van der Waals surface area contributed by atoms with Crippen molar-refractivity contribution in [3.8, 4) is 0 Å². The first-order valence-corrected chi connectivity index (χ1v) is 6.69. The first kappa shape index (κ1) is 12.6. The van der Waals surface area contributed by atoms with Gasteiger partial charge in [0, 0.05) is 25.0 Å². The number of hydrogen-bond acceptors (Lipinski definition) is 3. The van der Waals surface area contributed by atoms with E-state index in [-0.39, 0.29) is 6.10 Å². The quantitative estimate of drug-likeness (QED) is 0.844. The van der Waals surface area contributed by atoms with Crippen molar-refractivity contribution in [2.24, 2.45) is 0 Å². The van der Waals surface area contributed by atoms with Crippen molar-refractivity contribution < 1.29 is 5.11 Å². The van der Waals surface area contributed by atoms with E-state index in [4.69, 9.17) is 0 Å². The number of aliphatic hydroxyl groups excluding tert-OH is 1. The highest BCUT2D eigenvalue weighted by Gasteiger charge is 2.22. The number of β-amino-alcohol motifs (C(OH)–C–C–N with tert-alkyl or cyclic N) is 1. The minimum Gasteiger partial charge on any atom is -0.390 e. The Morgan fingerprint density at radius 3 is 3.00 bits per heavy atom. The molecule has 0 bridgehead atoms. The van der Waals surface area contributed by atoms with Crippen LogP contribution < -0.4 is 0 Å². The molecule has 1 N–H and O–H groups in total. The van der Waals surface area contributed by atoms with Crippen LogP contribution in [0.4, 0.5) is 0 Å². The Labute approximate surface area is 103 Å². The number of piperidine rings is 1. The first-order valence-electron chi connectivity index (χ1n) is 6.69. The third kappa shape index (κ3) is 3.54. The second-order valence-corrected chi connectivity index (χ2v) is 4.93. The van der Waals surface area contributed by atoms with Crippen LogP contribution in [-0.4, -0.2) is 45.0 Å². The van der Waals surface area contributed by atoms with Crippen LogP contribution in [0, 0.1) is 0 Å². The van der Waals surface area contributed by atoms with Gasteiger partial charge in [0.15, 0.2) is 0 Å². The zero-order valence-corrected chi connectivity index (χ0v) is 10.6. The molecule has 0 amide bonds. The lowest BCUT2D eigenvalue weighted by atomic mass is 9.99. The molecule has 0 aliphatic carbocycles. The van der Waals surface area contributed by atoms with Crippen LogP contribution in [0.2, 0.25) is 0 Å². The molecular formula is C13H23N3O. The highest BCUT2D eigenvalue weighted by atomic mass is 16.3. The van der Waals surface area contributed by atoms with Gasteiger partial charge in [-0.3, -0.25) is 9.58 Å². The molecule has 0 unspecified atom stereocenters. The number of likely N-dealkylation sites (tertiary alicyclic amines) is 1. The third-order valence-corrected chi connectivity index (χ3v) is 3.62. The topological polar surface area (TPSA) is 41.3 Å². The number of aliphatic hydroxyl groups is 1. The van der Waals surface area contributed by atoms with Crippen molar-refractivity contribution in [3.05, 3.63) is 18.5 Å². The summed E-state index contributed by atoms with van der Waals surface area (Å²) in [5.74, 6) is 0. The van der Waals surface area contributed by atoms with Crippen LogP contribution in [0.5, 0.6) is 0 Å². The molecule has 4 heteroatoms. The van der Waals surface area contributed by atoms with Crippen molar-refractivity contribution in [1.82, 2.24) is 14.7 Å². The number of aromatic nitrogens is 2. The molecule has 2 atom stereocenters. The van der Waals surface area contributed by atoms with E-state index >= 15 is 0 Å². The standard InChI is InChI=1S/C13H23N3O/c1-2-12-6-3-4-8-15(12)10-13(17)11-16-9-5-7-14-16/h5,7,9,12-13,17H,2-4,6,8,10-11H2,1H3/t12-,13-/m0/s1. The molecule has 2 rings (SSSR count). The van der Waals surface area contributed by atoms with Gasteiger partial charge >= 0.3 is 0 Å². The Bertz CT molecular complexity index is 312. The van der Waals surface area contributed by atoms with Crippen molar-refractivity contribution in [2.45, 2.75) is 51.3 Å². The van der Waals surface area contributed by atoms with E-state index in [1.54, 1.807) is 10.9 Å². The molecule has 1 aliphatic heterocycles. The second kappa shape index (κ2) is 6.17. The highest BCUT2D eigenvalue weighted by Crippen LogP contribution is 2.19. The SMILES string of the molecule is CC[C@H]1CCCCN1C[C@H](O)Cn1cccn1. The zero-order valence-electron chi connectivity index (χ0n) is 10.6. The largest absolute Gasteiger partial charge is 0.390 e. The van der Waals surface area contributed by atoms with Gasteiger partial charge in [-0.1, -0.05) is 13.3 Å². The zero-order chi connectivity index (χ0) is 12.1. The fourth-order valence-corrected chi connectivity index (χ4v) is 2.72. The monoisotopic (exact) mass is 237 g/mol. The van der Waals surface area contributed by atoms with Gasteiger partial charge in [0.1, 0.15) is 0 Å². The van der Waals surface area contributed by atoms with E-state index < -0.39 is 0 Å². The van der Waals surface area contributed by atoms with Crippen LogP contribution >= 0.6 is 0 Å². The van der Waals surface area contributed by atoms with E-state index in [9.17, 15) is 5.11 Å². The molecule has 96 valence electrons. The fraction of sp³-hybridized carbons (Fsp3) is 0.769. The average Bonchev–Trinajstić information content (AvgIpc) is 2.82. The van der Waals surface area contributed by atoms with Gasteiger partial charge in [0.2, 0.25) is 0 Å². The van der Waals surface area contributed by atoms with Crippen LogP contribution in [0.1, 0.15) is 32.6 Å². The molecule has 1 fully saturated rings. The minimum atomic E-state index is -0.318. The van der Waals surface area contributed by atoms with Crippen molar-refractivity contribution >= 4 is 0 Å². The molecule has 1 saturated heterocycles. The highest BCUT2D eigenvalue weighted by molar-refractivity contribution is 4.81. The van der Waals surface area contributed by atoms with E-state index in [0.717, 1.165) is 13.1 Å². The molecule has 4 nitrogen and oxygen atoms in total. The molecule has 1 aliphatic rings. The van der Waals surface area contributed by atoms with Crippen molar-refractivity contribution in [3.63, 3.8) is 0 Å². The summed E-state index contributed by atoms with van der Waals surface area (Å²) in [6.07, 6.45) is 8.41. The summed E-state index contributed by atoms with van der Waals surface area (Å²) in [6.45, 7) is 4.75. The lowest BCUT2D eigenvalue weighted by molar-refractivity contribution is 0.0551. The van der Waals surface area contributed by atoms with Gasteiger partial charge in [-0.2, -0.15) is 5.10 Å². The number of hydrogen-bond donors (Lipinski definition) is 1. The molecule has 0 spiro atoms. The smallest absolute Gasteiger partial charge is 0.0862 e. The fourth-order valence-electron chi connectivity index (χ4n) is 2.72. The average molecular weight is 237 g/mol. The van der Waals surface area contributed by atoms with Gasteiger partial charge < -0.3 is 5.11 Å². The van der Waals surface area contributed by atoms with Gasteiger partial charge in [0.25, 0.3) is 0 Å². The first-order chi connectivity index (χ1) is 8.29. The maximum absolute atomic E-state index is 10.1. The van der Waals surface area contributed by atoms with Gasteiger partial charge in [-0.15, -0.1) is 0 Å². The van der Waals surface area contributed by atoms with Gasteiger partial charge in [0.05, 0.1) is 12.6 Å². The summed E-state index contributed by atoms with van der Waals surface area (Å²) in [4.78, 5) is 2.44. The lowest BCUT2D eigenvalue weighted by Crippen LogP contribution is -2.44. The third-order valence-electron chi connectivity index (χ3n) is 3.62. The van der Waals surface area contributed by atoms with Crippen molar-refractivity contribution in [2.75, 3.05) is 13.1 Å². The molecule has 1 aromatic rings. The molecule has 0 saturated carbocycles. The summed E-state index contributed by atoms with van der Waals surface area (Å²) < 4.78 is 1.80. The Kier molecular flexibility index (Phi) is 4.57. The maximum Gasteiger partial charge on any atom is 0.0862 e. The van der Waals surface area contributed by atoms with Gasteiger partial charge in [-0.05, 0) is 31.9 Å². The maximum atomic E-state index is 10.1. The number of rotatable bonds is 5. The van der Waals surface area contributed by atoms with E-state index in [1.165, 1.54) is 25.7 Å². The Hall–Kier alpha value is -0.870. The summed E-state index contributed by atoms with van der Waals surface area (Å²) in [5, 5.41) is 14.2. The normalized spacial score (nSPS) is 23.8. The molecule has 1 aromatic heterocycles. The van der Waals surface area contributed by atoms with Gasteiger partial charge in [-0.25, -0.2) is 0 Å². The van der Waals surface area contributed by atoms with E-state index in [0.29, 0.717) is 12.6 Å². The summed E-state index contributed by atoms with van der Waals surface area (Å²) in [6, 6.07) is 2.55. The molecular weight excluding hydrogens is 214 g/mol. The molecule has 0 aromatic carbocycles. The predicted octanol–water partition coefficient (Wildman–Crippen LogP) is 1.51. The van der Waals surface area contributed by atoms with Crippen LogP contribution in [0.25, 0.3) is 0 Å². The molecule has 17 heavy (non-hydrogen) atoms. The molecule has 0 radical (unpaired) electrons. The van der Waals surface area contributed by atoms with Crippen LogP contribution in [0.3, 0.4) is 0 Å². The Balaban J connectivity index is 1.82. The summed E-state index contributed by atoms with van der Waals surface area (Å²) in [7, 11) is 0. The lowest BCUT2D eigenvalue weighted by Gasteiger charge is -2.36. The summed E-state index contributed by atoms with van der Waals surface area (Å²) in [5.41, 5.74) is 0. The summed E-state index contributed by atoms with van der Waals surface area (Å²) >= 11 is 0. The van der Waals surface area contributed by atoms with E-state index in [2.05, 4.69) is 16.9 Å². The minimum absolute atomic E-state index is 0.318. The van der Waals surface area contributed by atoms with Crippen LogP contribution in [0.15, 0.2) is 18.5 Å². The van der Waals surface area contributed by atoms with Crippen LogP contribution in [-0.2, 0) is 6.54 Å². The Morgan fingerprint density at radius 2 is 2.29 bits per heavy atom. The second-order valence-electron chi connectivity index (χ2n) is 4.93. The van der Waals surface area contributed by atoms with Crippen molar-refractivity contribution in [1.29, 1.82) is 0 Å². The van der Waals surface area contributed by atoms with E-state index in [1.807, 2.05) is 12.3 Å². The number of nitrogens with zero attached hydrogens (tertiary/aromatic N) is 3. The Morgan fingerprint density at radius 1 is 1.41 bits per heavy atom. The molecule has 2 heterocycles. The predicted molar refractivity (Wildman–Crippen MR) is 67.7 cm³/mol.